The molecule has 8 N–H and O–H groups in total. The van der Waals surface area contributed by atoms with Gasteiger partial charge in [-0.05, 0) is 84.5 Å². The van der Waals surface area contributed by atoms with Gasteiger partial charge in [-0.3, -0.25) is 0 Å². The van der Waals surface area contributed by atoms with E-state index in [2.05, 4.69) is 37.5 Å². The first-order valence-electron chi connectivity index (χ1n) is 15.0. The van der Waals surface area contributed by atoms with Crippen LogP contribution in [-0.2, 0) is 14.2 Å². The summed E-state index contributed by atoms with van der Waals surface area (Å²) in [5, 5.41) is 6.87. The molecule has 3 fully saturated rings. The SMILES string of the molecule is CCC1C(OC)C(OC(=O)NC2CCC(N)CC2)CCC1(CNC1CCC(N)CC1)OC(N)CC=C(C)C. The molecule has 0 heterocycles. The van der Waals surface area contributed by atoms with E-state index in [0.717, 1.165) is 64.2 Å². The smallest absolute Gasteiger partial charge is 0.407 e. The van der Waals surface area contributed by atoms with E-state index in [1.807, 2.05) is 0 Å². The molecule has 38 heavy (non-hydrogen) atoms. The van der Waals surface area contributed by atoms with Crippen LogP contribution < -0.4 is 27.8 Å². The minimum Gasteiger partial charge on any atom is -0.443 e. The summed E-state index contributed by atoms with van der Waals surface area (Å²) in [4.78, 5) is 12.9. The molecule has 0 saturated heterocycles. The van der Waals surface area contributed by atoms with Crippen LogP contribution in [0.4, 0.5) is 4.79 Å². The fourth-order valence-electron chi connectivity index (χ4n) is 6.69. The number of ether oxygens (including phenoxy) is 3. The predicted molar refractivity (Wildman–Crippen MR) is 152 cm³/mol. The minimum atomic E-state index is -0.514. The van der Waals surface area contributed by atoms with Crippen molar-refractivity contribution in [2.75, 3.05) is 13.7 Å². The lowest BCUT2D eigenvalue weighted by Gasteiger charge is -2.51. The van der Waals surface area contributed by atoms with Crippen LogP contribution in [0.5, 0.6) is 0 Å². The minimum absolute atomic E-state index is 0.0165. The Balaban J connectivity index is 1.70. The molecule has 0 radical (unpaired) electrons. The van der Waals surface area contributed by atoms with E-state index < -0.39 is 11.8 Å². The number of nitrogens with two attached hydrogens (primary N) is 3. The maximum Gasteiger partial charge on any atom is 0.407 e. The second-order valence-electron chi connectivity index (χ2n) is 12.2. The molecule has 3 rings (SSSR count). The van der Waals surface area contributed by atoms with Gasteiger partial charge in [-0.2, -0.15) is 0 Å². The lowest BCUT2D eigenvalue weighted by atomic mass is 9.70. The monoisotopic (exact) mass is 537 g/mol. The molecule has 0 aromatic carbocycles. The van der Waals surface area contributed by atoms with Gasteiger partial charge in [0, 0.05) is 50.2 Å². The van der Waals surface area contributed by atoms with Gasteiger partial charge in [0.1, 0.15) is 12.3 Å². The zero-order valence-corrected chi connectivity index (χ0v) is 24.3. The fourth-order valence-corrected chi connectivity index (χ4v) is 6.69. The van der Waals surface area contributed by atoms with Crippen LogP contribution in [-0.4, -0.2) is 68.0 Å². The summed E-state index contributed by atoms with van der Waals surface area (Å²) in [6, 6.07) is 1.09. The van der Waals surface area contributed by atoms with Gasteiger partial charge in [0.05, 0.1) is 11.7 Å². The summed E-state index contributed by atoms with van der Waals surface area (Å²) in [6.45, 7) is 6.99. The standard InChI is InChI=1S/C29H55N5O4/c1-5-24-27(36-4)25(37-28(35)34-23-13-9-21(31)10-14-23)16-17-29(24,38-26(32)15-6-19(2)3)18-33-22-11-7-20(30)8-12-22/h6,20-27,33H,5,7-18,30-32H2,1-4H3,(H,34,35). The van der Waals surface area contributed by atoms with Gasteiger partial charge in [0.15, 0.2) is 0 Å². The average molecular weight is 538 g/mol. The first kappa shape index (κ1) is 31.3. The third kappa shape index (κ3) is 8.89. The molecule has 1 amide bonds. The molecule has 9 nitrogen and oxygen atoms in total. The average Bonchev–Trinajstić information content (AvgIpc) is 2.89. The van der Waals surface area contributed by atoms with Crippen molar-refractivity contribution in [3.8, 4) is 0 Å². The summed E-state index contributed by atoms with van der Waals surface area (Å²) >= 11 is 0. The van der Waals surface area contributed by atoms with Gasteiger partial charge in [0.25, 0.3) is 0 Å². The van der Waals surface area contributed by atoms with Crippen LogP contribution in [0.3, 0.4) is 0 Å². The largest absolute Gasteiger partial charge is 0.443 e. The number of methoxy groups -OCH3 is 1. The Labute approximate surface area is 230 Å². The van der Waals surface area contributed by atoms with Crippen molar-refractivity contribution in [1.82, 2.24) is 10.6 Å². The van der Waals surface area contributed by atoms with Crippen molar-refractivity contribution in [3.63, 3.8) is 0 Å². The van der Waals surface area contributed by atoms with Crippen LogP contribution in [0, 0.1) is 5.92 Å². The molecule has 3 aliphatic carbocycles. The number of rotatable bonds is 11. The van der Waals surface area contributed by atoms with Crippen molar-refractivity contribution < 1.29 is 19.0 Å². The number of nitrogens with one attached hydrogen (secondary N) is 2. The van der Waals surface area contributed by atoms with Crippen LogP contribution in [0.2, 0.25) is 0 Å². The first-order chi connectivity index (χ1) is 18.2. The van der Waals surface area contributed by atoms with Gasteiger partial charge in [-0.1, -0.05) is 18.6 Å². The highest BCUT2D eigenvalue weighted by Crippen LogP contribution is 2.42. The highest BCUT2D eigenvalue weighted by atomic mass is 16.6. The number of alkyl carbamates (subject to hydrolysis) is 1. The van der Waals surface area contributed by atoms with E-state index in [-0.39, 0.29) is 36.3 Å². The summed E-state index contributed by atoms with van der Waals surface area (Å²) in [6.07, 6.45) is 11.5. The molecule has 0 aromatic heterocycles. The van der Waals surface area contributed by atoms with Crippen molar-refractivity contribution in [1.29, 1.82) is 0 Å². The number of hydrogen-bond donors (Lipinski definition) is 5. The molecule has 0 spiro atoms. The number of amides is 1. The first-order valence-corrected chi connectivity index (χ1v) is 15.0. The van der Waals surface area contributed by atoms with Crippen LogP contribution in [0.1, 0.15) is 97.8 Å². The van der Waals surface area contributed by atoms with Gasteiger partial charge in [-0.25, -0.2) is 4.79 Å². The Kier molecular flexibility index (Phi) is 12.3. The summed E-state index contributed by atoms with van der Waals surface area (Å²) in [7, 11) is 1.71. The Morgan fingerprint density at radius 3 is 2.16 bits per heavy atom. The molecular weight excluding hydrogens is 482 g/mol. The van der Waals surface area contributed by atoms with Crippen molar-refractivity contribution in [2.24, 2.45) is 23.1 Å². The van der Waals surface area contributed by atoms with Gasteiger partial charge in [0.2, 0.25) is 0 Å². The van der Waals surface area contributed by atoms with E-state index in [0.29, 0.717) is 31.5 Å². The molecule has 0 bridgehead atoms. The lowest BCUT2D eigenvalue weighted by molar-refractivity contribution is -0.202. The zero-order valence-electron chi connectivity index (χ0n) is 24.3. The number of carbonyl (C=O) groups is 1. The Bertz CT molecular complexity index is 747. The van der Waals surface area contributed by atoms with Gasteiger partial charge in [-0.15, -0.1) is 0 Å². The second kappa shape index (κ2) is 15.0. The van der Waals surface area contributed by atoms with Crippen molar-refractivity contribution in [3.05, 3.63) is 11.6 Å². The third-order valence-electron chi connectivity index (χ3n) is 8.96. The van der Waals surface area contributed by atoms with E-state index in [4.69, 9.17) is 31.4 Å². The van der Waals surface area contributed by atoms with Crippen LogP contribution >= 0.6 is 0 Å². The highest BCUT2D eigenvalue weighted by molar-refractivity contribution is 5.67. The van der Waals surface area contributed by atoms with Crippen LogP contribution in [0.15, 0.2) is 11.6 Å². The number of carbonyl (C=O) groups excluding carboxylic acids is 1. The molecular formula is C29H55N5O4. The predicted octanol–water partition coefficient (Wildman–Crippen LogP) is 3.44. The number of hydrogen-bond acceptors (Lipinski definition) is 8. The molecule has 3 aliphatic rings. The molecule has 0 aliphatic heterocycles. The fraction of sp³-hybridized carbons (Fsp3) is 0.897. The normalized spacial score (nSPS) is 36.8. The topological polar surface area (TPSA) is 147 Å². The van der Waals surface area contributed by atoms with Crippen molar-refractivity contribution >= 4 is 6.09 Å². The van der Waals surface area contributed by atoms with Crippen LogP contribution in [0.25, 0.3) is 0 Å². The molecule has 5 atom stereocenters. The molecule has 0 aromatic rings. The maximum atomic E-state index is 12.9. The van der Waals surface area contributed by atoms with E-state index in [1.165, 1.54) is 5.57 Å². The van der Waals surface area contributed by atoms with Crippen molar-refractivity contribution in [2.45, 2.75) is 146 Å². The second-order valence-corrected chi connectivity index (χ2v) is 12.2. The Morgan fingerprint density at radius 2 is 1.61 bits per heavy atom. The van der Waals surface area contributed by atoms with Gasteiger partial charge < -0.3 is 42.0 Å². The van der Waals surface area contributed by atoms with E-state index in [9.17, 15) is 4.79 Å². The Hall–Kier alpha value is -1.23. The van der Waals surface area contributed by atoms with E-state index in [1.54, 1.807) is 7.11 Å². The van der Waals surface area contributed by atoms with E-state index >= 15 is 0 Å². The number of allylic oxidation sites excluding steroid dienone is 1. The summed E-state index contributed by atoms with van der Waals surface area (Å²) in [5.74, 6) is 0.0165. The van der Waals surface area contributed by atoms with Gasteiger partial charge >= 0.3 is 6.09 Å². The quantitative estimate of drug-likeness (QED) is 0.199. The zero-order chi connectivity index (χ0) is 27.7. The highest BCUT2D eigenvalue weighted by Gasteiger charge is 2.52. The molecule has 9 heteroatoms. The third-order valence-corrected chi connectivity index (χ3v) is 8.96. The molecule has 3 saturated carbocycles. The maximum absolute atomic E-state index is 12.9. The molecule has 220 valence electrons. The Morgan fingerprint density at radius 1 is 1.00 bits per heavy atom. The summed E-state index contributed by atoms with van der Waals surface area (Å²) < 4.78 is 18.8. The lowest BCUT2D eigenvalue weighted by Crippen LogP contribution is -2.62. The molecule has 5 unspecified atom stereocenters. The summed E-state index contributed by atoms with van der Waals surface area (Å²) in [5.41, 5.74) is 19.4.